The molecule has 0 atom stereocenters. The molecule has 20 heteroatoms. The van der Waals surface area contributed by atoms with Crippen molar-refractivity contribution < 1.29 is 35.1 Å². The van der Waals surface area contributed by atoms with Gasteiger partial charge in [-0.3, -0.25) is 0 Å². The van der Waals surface area contributed by atoms with E-state index in [2.05, 4.69) is 212 Å². The number of benzene rings is 17. The first-order valence-corrected chi connectivity index (χ1v) is 54.7. The molecule has 0 radical (unpaired) electrons. The van der Waals surface area contributed by atoms with E-state index in [1.807, 2.05) is 187 Å². The Balaban J connectivity index is 0.000000537. The molecule has 0 nitrogen and oxygen atoms in total. The molecular weight excluding hydrogens is 2270 g/mol. The maximum Gasteiger partial charge on any atom is 0.161 e. The van der Waals surface area contributed by atoms with Crippen molar-refractivity contribution in [1.29, 1.82) is 0 Å². The van der Waals surface area contributed by atoms with E-state index in [1.165, 1.54) is 168 Å². The summed E-state index contributed by atoms with van der Waals surface area (Å²) in [6.07, 6.45) is 14.5. The average molecular weight is 2410 g/mol. The van der Waals surface area contributed by atoms with Crippen LogP contribution in [0.3, 0.4) is 0 Å². The van der Waals surface area contributed by atoms with Crippen LogP contribution in [-0.4, -0.2) is 0 Å². The van der Waals surface area contributed by atoms with Crippen LogP contribution in [0, 0.1) is 162 Å². The molecule has 2 aliphatic carbocycles. The first-order valence-electron chi connectivity index (χ1n) is 48.9. The minimum atomic E-state index is -0.782. The van der Waals surface area contributed by atoms with Crippen LogP contribution in [0.15, 0.2) is 390 Å². The normalized spacial score (nSPS) is 10.9. The van der Waals surface area contributed by atoms with Crippen molar-refractivity contribution in [2.75, 3.05) is 0 Å². The van der Waals surface area contributed by atoms with Crippen LogP contribution >= 0.6 is 152 Å². The molecule has 0 N–H and O–H groups in total. The minimum absolute atomic E-state index is 0.132. The predicted molar refractivity (Wildman–Crippen MR) is 649 cm³/mol. The summed E-state index contributed by atoms with van der Waals surface area (Å²) in [7, 11) is 0. The molecule has 0 bridgehead atoms. The fourth-order valence-corrected chi connectivity index (χ4v) is 15.9. The van der Waals surface area contributed by atoms with Gasteiger partial charge in [-0.15, -0.1) is 0 Å². The van der Waals surface area contributed by atoms with Gasteiger partial charge in [-0.25, -0.2) is 35.1 Å². The summed E-state index contributed by atoms with van der Waals surface area (Å²) in [6.45, 7) is 35.4. The molecule has 0 aliphatic heterocycles. The Kier molecular flexibility index (Phi) is 73.1. The van der Waals surface area contributed by atoms with Crippen molar-refractivity contribution in [3.8, 4) is 0 Å². The van der Waals surface area contributed by atoms with Gasteiger partial charge in [-0.1, -0.05) is 466 Å². The molecule has 17 aromatic rings. The lowest BCUT2D eigenvalue weighted by atomic mass is 9.91. The van der Waals surface area contributed by atoms with Crippen LogP contribution in [0.25, 0.3) is 10.8 Å². The summed E-state index contributed by atoms with van der Waals surface area (Å²) in [5.41, 5.74) is 16.4. The number of fused-ring (bicyclic) bond motifs is 1. The fourth-order valence-electron chi connectivity index (χ4n) is 12.9. The maximum absolute atomic E-state index is 12.4. The van der Waals surface area contributed by atoms with Crippen molar-refractivity contribution in [3.05, 3.63) is 570 Å². The maximum atomic E-state index is 12.4. The van der Waals surface area contributed by atoms with Gasteiger partial charge in [0.25, 0.3) is 0 Å². The number of rotatable bonds is 1. The fraction of sp³-hybridized carbons (Fsp3) is 0.231. The highest BCUT2D eigenvalue weighted by Crippen LogP contribution is 2.28. The van der Waals surface area contributed by atoms with Gasteiger partial charge in [-0.2, -0.15) is 0 Å². The monoisotopic (exact) mass is 2400 g/mol. The largest absolute Gasteiger partial charge is 0.207 e. The van der Waals surface area contributed by atoms with E-state index in [4.69, 9.17) is 104 Å². The summed E-state index contributed by atoms with van der Waals surface area (Å²) < 4.78 is 101. The summed E-state index contributed by atoms with van der Waals surface area (Å²) in [5.74, 6) is -1.55. The third-order valence-electron chi connectivity index (χ3n) is 21.5. The molecule has 2 saturated carbocycles. The Morgan fingerprint density at radius 3 is 1.01 bits per heavy atom. The zero-order valence-electron chi connectivity index (χ0n) is 88.6. The molecular formula is C130H138Br3Cl9F8. The number of hydrogen-bond donors (Lipinski definition) is 0. The van der Waals surface area contributed by atoms with Gasteiger partial charge in [-0.05, 0) is 357 Å². The molecule has 19 rings (SSSR count). The second kappa shape index (κ2) is 80.3. The lowest BCUT2D eigenvalue weighted by molar-refractivity contribution is 0.385. The number of aryl methyl sites for hydroxylation is 16. The first kappa shape index (κ1) is 137. The lowest BCUT2D eigenvalue weighted by Gasteiger charge is -2.15. The number of hydrogen-bond acceptors (Lipinski definition) is 0. The van der Waals surface area contributed by atoms with E-state index in [0.717, 1.165) is 100 Å². The molecule has 0 saturated heterocycles. The van der Waals surface area contributed by atoms with Crippen molar-refractivity contribution >= 4 is 163 Å². The van der Waals surface area contributed by atoms with Crippen molar-refractivity contribution in [2.45, 2.75) is 189 Å². The zero-order chi connectivity index (χ0) is 112. The third-order valence-corrected chi connectivity index (χ3v) is 26.4. The first-order chi connectivity index (χ1) is 71.1. The average Bonchev–Trinajstić information content (AvgIpc) is 0.948. The molecule has 0 unspecified atom stereocenters. The van der Waals surface area contributed by atoms with Gasteiger partial charge in [0.05, 0.1) is 20.1 Å². The highest BCUT2D eigenvalue weighted by molar-refractivity contribution is 9.11. The quantitative estimate of drug-likeness (QED) is 0.144. The van der Waals surface area contributed by atoms with E-state index in [9.17, 15) is 35.1 Å². The van der Waals surface area contributed by atoms with E-state index >= 15 is 0 Å². The molecule has 0 spiro atoms. The van der Waals surface area contributed by atoms with E-state index < -0.39 is 29.1 Å². The van der Waals surface area contributed by atoms with Gasteiger partial charge < -0.3 is 0 Å². The van der Waals surface area contributed by atoms with Crippen LogP contribution in [0.5, 0.6) is 0 Å². The Morgan fingerprint density at radius 1 is 0.233 bits per heavy atom. The summed E-state index contributed by atoms with van der Waals surface area (Å²) >= 11 is 61.2. The summed E-state index contributed by atoms with van der Waals surface area (Å²) in [4.78, 5) is 0. The zero-order valence-corrected chi connectivity index (χ0v) is 100. The van der Waals surface area contributed by atoms with Crippen LogP contribution in [0.1, 0.15) is 168 Å². The second-order valence-corrected chi connectivity index (χ2v) is 41.9. The molecule has 17 aromatic carbocycles. The predicted octanol–water partition coefficient (Wildman–Crippen LogP) is 47.4. The Hall–Kier alpha value is -9.51. The van der Waals surface area contributed by atoms with Gasteiger partial charge in [0.15, 0.2) is 11.6 Å². The Bertz CT molecular complexity index is 5980. The molecule has 2 fully saturated rings. The topological polar surface area (TPSA) is 0 Å². The minimum Gasteiger partial charge on any atom is -0.207 e. The lowest BCUT2D eigenvalue weighted by Crippen LogP contribution is -1.99. The van der Waals surface area contributed by atoms with Crippen LogP contribution < -0.4 is 0 Å². The molecule has 0 heterocycles. The van der Waals surface area contributed by atoms with E-state index in [0.29, 0.717) is 52.4 Å². The molecule has 150 heavy (non-hydrogen) atoms. The van der Waals surface area contributed by atoms with Crippen molar-refractivity contribution in [3.63, 3.8) is 0 Å². The van der Waals surface area contributed by atoms with E-state index in [1.54, 1.807) is 62.4 Å². The molecule has 0 aromatic heterocycles. The van der Waals surface area contributed by atoms with Gasteiger partial charge in [0, 0.05) is 44.6 Å². The van der Waals surface area contributed by atoms with E-state index in [-0.39, 0.29) is 17.5 Å². The molecule has 798 valence electrons. The summed E-state index contributed by atoms with van der Waals surface area (Å²) in [6, 6.07) is 114. The standard InChI is InChI=1S/C11H10.C8H10.3C7H7Br.4C7H6Cl2.C7H7Cl.3C7H6F2.2C7H7F.C7H14.C7H8.C6H12/c1-9-5-4-7-10-6-2-3-8-11(9)10;1-2-8-6-4-3-5-7-8;1-6-2-4-7(8)5-3-6;1-6-3-2-4-7(8)5-6;1-6-4-2-3-5-7(6)8;1-5-2-6(8)4-7(9)3-5;1-5-4-6(8)2-3-7(5)9;1-5-2-3-6(8)7(9)4-5;1-5-3-2-4-6(8)7(5)9;1-6-3-2-4-7(8)5-6;1-5-2-6(8)4-7(9)3-5;1-5-4-6(8)2-3-7(5)9;1-5-3-2-4-6(8)7(5)9;1-6-3-2-4-7(8)5-6;1-6-4-2-3-5-7(6)8;2*1-7-5-3-2-4-6-7;1-6-4-2-3-5-6/h2-8H,1H3;3-7H,2H2,1H3;3*2-5H,1H3;4*2-4H,1H3;2-5H,1H3;3*2-4H,1H3;2*2-5H,1H3;7H,2-6H2,1H3;2-6H,1H3;6H,2-5H2,1H3. The summed E-state index contributed by atoms with van der Waals surface area (Å²) in [5, 5.41) is 8.89. The van der Waals surface area contributed by atoms with Crippen LogP contribution in [0.2, 0.25) is 45.2 Å². The Morgan fingerprint density at radius 2 is 0.640 bits per heavy atom. The molecule has 0 amide bonds. The van der Waals surface area contributed by atoms with Gasteiger partial charge >= 0.3 is 0 Å². The van der Waals surface area contributed by atoms with Crippen LogP contribution in [0.4, 0.5) is 35.1 Å². The third kappa shape index (κ3) is 67.1. The number of halogens is 20. The second-order valence-electron chi connectivity index (χ2n) is 35.5. The highest BCUT2D eigenvalue weighted by atomic mass is 79.9. The SMILES string of the molecule is CC1CCCC1.CC1CCCCC1.CCc1ccccc1.Cc1cc(Cl)cc(Cl)c1.Cc1cc(Cl)ccc1Cl.Cc1cc(F)cc(F)c1.Cc1cc(F)ccc1F.Cc1ccc(Br)cc1.Cc1ccc(Cl)c(Cl)c1.Cc1cccc(Br)c1.Cc1cccc(Cl)c1.Cc1cccc(Cl)c1Cl.Cc1cccc(F)c1.Cc1cccc(F)c1F.Cc1cccc2ccccc12.Cc1ccccc1.Cc1ccccc1Br.Cc1ccccc1F. The Labute approximate surface area is 960 Å². The smallest absolute Gasteiger partial charge is 0.161 e. The van der Waals surface area contributed by atoms with Gasteiger partial charge in [0.1, 0.15) is 34.9 Å². The highest BCUT2D eigenvalue weighted by Gasteiger charge is 2.09. The van der Waals surface area contributed by atoms with Crippen molar-refractivity contribution in [1.82, 2.24) is 0 Å². The van der Waals surface area contributed by atoms with Gasteiger partial charge in [0.2, 0.25) is 0 Å². The molecule has 2 aliphatic rings. The van der Waals surface area contributed by atoms with Crippen LogP contribution in [-0.2, 0) is 6.42 Å². The van der Waals surface area contributed by atoms with Crippen molar-refractivity contribution in [2.24, 2.45) is 11.8 Å².